The van der Waals surface area contributed by atoms with Crippen molar-refractivity contribution in [3.8, 4) is 0 Å². The van der Waals surface area contributed by atoms with Crippen LogP contribution in [-0.2, 0) is 14.8 Å². The number of nitrogens with one attached hydrogen (secondary N) is 1. The van der Waals surface area contributed by atoms with Crippen LogP contribution < -0.4 is 10.2 Å². The summed E-state index contributed by atoms with van der Waals surface area (Å²) >= 11 is 11.8. The number of morpholine rings is 1. The Balaban J connectivity index is 1.84. The number of hydrogen-bond donors (Lipinski definition) is 1. The fraction of sp³-hybridized carbons (Fsp3) is 0.316. The number of hydrogen-bond acceptors (Lipinski definition) is 4. The zero-order valence-corrected chi connectivity index (χ0v) is 17.9. The van der Waals surface area contributed by atoms with Crippen molar-refractivity contribution in [2.75, 3.05) is 43.1 Å². The maximum absolute atomic E-state index is 12.9. The van der Waals surface area contributed by atoms with Crippen molar-refractivity contribution in [3.05, 3.63) is 53.6 Å². The van der Waals surface area contributed by atoms with Crippen LogP contribution in [0.1, 0.15) is 6.92 Å². The SMILES string of the molecule is CCN(C(=S)Nc1cc(S(=O)(=O)N2CCOCC2)ccc1Cl)c1ccccc1. The molecule has 3 rings (SSSR count). The molecule has 0 atom stereocenters. The molecule has 0 aromatic heterocycles. The maximum atomic E-state index is 12.9. The first-order chi connectivity index (χ1) is 13.4. The van der Waals surface area contributed by atoms with Crippen molar-refractivity contribution < 1.29 is 13.2 Å². The average molecular weight is 440 g/mol. The molecule has 28 heavy (non-hydrogen) atoms. The van der Waals surface area contributed by atoms with Crippen LogP contribution in [-0.4, -0.2) is 50.7 Å². The Morgan fingerprint density at radius 3 is 2.54 bits per heavy atom. The summed E-state index contributed by atoms with van der Waals surface area (Å²) in [6, 6.07) is 14.3. The molecule has 2 aromatic rings. The number of halogens is 1. The van der Waals surface area contributed by atoms with E-state index in [9.17, 15) is 8.42 Å². The fourth-order valence-electron chi connectivity index (χ4n) is 2.93. The predicted octanol–water partition coefficient (Wildman–Crippen LogP) is 3.58. The molecule has 9 heteroatoms. The Bertz CT molecular complexity index is 933. The lowest BCUT2D eigenvalue weighted by molar-refractivity contribution is 0.0730. The van der Waals surface area contributed by atoms with Crippen LogP contribution in [0.5, 0.6) is 0 Å². The number of ether oxygens (including phenoxy) is 1. The lowest BCUT2D eigenvalue weighted by Crippen LogP contribution is -2.40. The Kier molecular flexibility index (Phi) is 6.90. The van der Waals surface area contributed by atoms with Gasteiger partial charge in [0.05, 0.1) is 28.8 Å². The minimum atomic E-state index is -3.62. The number of anilines is 2. The summed E-state index contributed by atoms with van der Waals surface area (Å²) in [7, 11) is -3.62. The van der Waals surface area contributed by atoms with Gasteiger partial charge in [-0.15, -0.1) is 0 Å². The van der Waals surface area contributed by atoms with Gasteiger partial charge in [0.2, 0.25) is 10.0 Å². The molecule has 150 valence electrons. The van der Waals surface area contributed by atoms with Crippen LogP contribution in [0, 0.1) is 0 Å². The van der Waals surface area contributed by atoms with Gasteiger partial charge in [-0.3, -0.25) is 0 Å². The highest BCUT2D eigenvalue weighted by molar-refractivity contribution is 7.89. The molecule has 0 amide bonds. The number of nitrogens with zero attached hydrogens (tertiary/aromatic N) is 2. The van der Waals surface area contributed by atoms with E-state index in [0.717, 1.165) is 5.69 Å². The molecule has 0 spiro atoms. The van der Waals surface area contributed by atoms with E-state index in [1.165, 1.54) is 16.4 Å². The standard InChI is InChI=1S/C19H22ClN3O3S2/c1-2-23(15-6-4-3-5-7-15)19(27)21-18-14-16(8-9-17(18)20)28(24,25)22-10-12-26-13-11-22/h3-9,14H,2,10-13H2,1H3,(H,21,27). The van der Waals surface area contributed by atoms with E-state index in [0.29, 0.717) is 48.7 Å². The van der Waals surface area contributed by atoms with E-state index in [2.05, 4.69) is 5.32 Å². The van der Waals surface area contributed by atoms with Crippen molar-refractivity contribution in [1.82, 2.24) is 4.31 Å². The van der Waals surface area contributed by atoms with Crippen LogP contribution in [0.4, 0.5) is 11.4 Å². The molecular formula is C19H22ClN3O3S2. The highest BCUT2D eigenvalue weighted by Crippen LogP contribution is 2.28. The summed E-state index contributed by atoms with van der Waals surface area (Å²) in [5.74, 6) is 0. The molecule has 0 saturated carbocycles. The molecule has 1 aliphatic heterocycles. The first-order valence-corrected chi connectivity index (χ1v) is 11.2. The molecule has 1 fully saturated rings. The van der Waals surface area contributed by atoms with Crippen molar-refractivity contribution in [2.45, 2.75) is 11.8 Å². The summed E-state index contributed by atoms with van der Waals surface area (Å²) in [5.41, 5.74) is 1.39. The lowest BCUT2D eigenvalue weighted by Gasteiger charge is -2.27. The average Bonchev–Trinajstić information content (AvgIpc) is 2.71. The van der Waals surface area contributed by atoms with Crippen LogP contribution in [0.15, 0.2) is 53.4 Å². The second-order valence-corrected chi connectivity index (χ2v) is 8.90. The molecule has 2 aromatic carbocycles. The van der Waals surface area contributed by atoms with Gasteiger partial charge in [0.25, 0.3) is 0 Å². The number of para-hydroxylation sites is 1. The van der Waals surface area contributed by atoms with E-state index < -0.39 is 10.0 Å². The molecule has 1 aliphatic rings. The van der Waals surface area contributed by atoms with Gasteiger partial charge in [-0.1, -0.05) is 29.8 Å². The molecule has 6 nitrogen and oxygen atoms in total. The largest absolute Gasteiger partial charge is 0.379 e. The van der Waals surface area contributed by atoms with E-state index in [4.69, 9.17) is 28.6 Å². The number of sulfonamides is 1. The predicted molar refractivity (Wildman–Crippen MR) is 117 cm³/mol. The molecule has 0 unspecified atom stereocenters. The summed E-state index contributed by atoms with van der Waals surface area (Å²) in [6.07, 6.45) is 0. The molecule has 0 bridgehead atoms. The van der Waals surface area contributed by atoms with E-state index in [1.807, 2.05) is 42.2 Å². The van der Waals surface area contributed by atoms with E-state index in [-0.39, 0.29) is 4.90 Å². The quantitative estimate of drug-likeness (QED) is 0.718. The van der Waals surface area contributed by atoms with Gasteiger partial charge < -0.3 is 15.0 Å². The minimum Gasteiger partial charge on any atom is -0.379 e. The topological polar surface area (TPSA) is 61.9 Å². The van der Waals surface area contributed by atoms with Gasteiger partial charge >= 0.3 is 0 Å². The third kappa shape index (κ3) is 4.64. The van der Waals surface area contributed by atoms with Gasteiger partial charge in [0, 0.05) is 25.3 Å². The van der Waals surface area contributed by atoms with E-state index in [1.54, 1.807) is 6.07 Å². The third-order valence-electron chi connectivity index (χ3n) is 4.42. The van der Waals surface area contributed by atoms with Gasteiger partial charge in [-0.05, 0) is 49.5 Å². The van der Waals surface area contributed by atoms with Crippen LogP contribution >= 0.6 is 23.8 Å². The van der Waals surface area contributed by atoms with E-state index >= 15 is 0 Å². The molecule has 0 radical (unpaired) electrons. The molecule has 1 saturated heterocycles. The van der Waals surface area contributed by atoms with Crippen LogP contribution in [0.2, 0.25) is 5.02 Å². The second-order valence-electron chi connectivity index (χ2n) is 6.17. The molecule has 1 N–H and O–H groups in total. The Hall–Kier alpha value is -1.71. The van der Waals surface area contributed by atoms with Crippen molar-refractivity contribution >= 4 is 50.3 Å². The monoisotopic (exact) mass is 439 g/mol. The van der Waals surface area contributed by atoms with Gasteiger partial charge in [-0.2, -0.15) is 4.31 Å². The van der Waals surface area contributed by atoms with Crippen molar-refractivity contribution in [2.24, 2.45) is 0 Å². The highest BCUT2D eigenvalue weighted by Gasteiger charge is 2.27. The molecular weight excluding hydrogens is 418 g/mol. The maximum Gasteiger partial charge on any atom is 0.243 e. The lowest BCUT2D eigenvalue weighted by atomic mass is 10.3. The molecule has 1 heterocycles. The number of rotatable bonds is 5. The molecule has 0 aliphatic carbocycles. The summed E-state index contributed by atoms with van der Waals surface area (Å²) in [5, 5.41) is 3.93. The Labute approximate surface area is 176 Å². The normalized spacial score (nSPS) is 15.2. The van der Waals surface area contributed by atoms with Crippen LogP contribution in [0.25, 0.3) is 0 Å². The summed E-state index contributed by atoms with van der Waals surface area (Å²) in [6.45, 7) is 4.10. The summed E-state index contributed by atoms with van der Waals surface area (Å²) < 4.78 is 32.5. The second kappa shape index (κ2) is 9.19. The Morgan fingerprint density at radius 1 is 1.21 bits per heavy atom. The first-order valence-electron chi connectivity index (χ1n) is 8.94. The van der Waals surface area contributed by atoms with Gasteiger partial charge in [0.15, 0.2) is 5.11 Å². The number of benzene rings is 2. The zero-order valence-electron chi connectivity index (χ0n) is 15.5. The van der Waals surface area contributed by atoms with Crippen molar-refractivity contribution in [1.29, 1.82) is 0 Å². The third-order valence-corrected chi connectivity index (χ3v) is 6.96. The smallest absolute Gasteiger partial charge is 0.243 e. The summed E-state index contributed by atoms with van der Waals surface area (Å²) in [4.78, 5) is 2.08. The highest BCUT2D eigenvalue weighted by atomic mass is 35.5. The zero-order chi connectivity index (χ0) is 20.1. The Morgan fingerprint density at radius 2 is 1.89 bits per heavy atom. The minimum absolute atomic E-state index is 0.173. The first kappa shape index (κ1) is 21.0. The van der Waals surface area contributed by atoms with Crippen LogP contribution in [0.3, 0.4) is 0 Å². The number of thiocarbonyl (C=S) groups is 1. The van der Waals surface area contributed by atoms with Crippen molar-refractivity contribution in [3.63, 3.8) is 0 Å². The fourth-order valence-corrected chi connectivity index (χ4v) is 4.87. The van der Waals surface area contributed by atoms with Gasteiger partial charge in [-0.25, -0.2) is 8.42 Å². The van der Waals surface area contributed by atoms with Gasteiger partial charge in [0.1, 0.15) is 0 Å².